The summed E-state index contributed by atoms with van der Waals surface area (Å²) in [5.74, 6) is -0.336. The lowest BCUT2D eigenvalue weighted by molar-refractivity contribution is 0.228. The number of benzene rings is 1. The summed E-state index contributed by atoms with van der Waals surface area (Å²) in [6.07, 6.45) is 2.80. The van der Waals surface area contributed by atoms with Gasteiger partial charge in [0.2, 0.25) is 0 Å². The van der Waals surface area contributed by atoms with E-state index in [0.29, 0.717) is 0 Å². The Hall–Kier alpha value is -1.78. The van der Waals surface area contributed by atoms with Crippen molar-refractivity contribution in [3.8, 4) is 0 Å². The van der Waals surface area contributed by atoms with Crippen molar-refractivity contribution in [3.63, 3.8) is 0 Å². The highest BCUT2D eigenvalue weighted by Gasteiger charge is 2.16. The Morgan fingerprint density at radius 1 is 1.19 bits per heavy atom. The number of rotatable bonds is 7. The Balaban J connectivity index is 2.03. The van der Waals surface area contributed by atoms with E-state index in [1.54, 1.807) is 6.07 Å². The van der Waals surface area contributed by atoms with E-state index in [-0.39, 0.29) is 24.5 Å². The number of hydrogen-bond acceptors (Lipinski definition) is 3. The summed E-state index contributed by atoms with van der Waals surface area (Å²) in [7, 11) is 0. The summed E-state index contributed by atoms with van der Waals surface area (Å²) in [5, 5.41) is 13.0. The van der Waals surface area contributed by atoms with E-state index >= 15 is 0 Å². The Kier molecular flexibility index (Phi) is 5.84. The van der Waals surface area contributed by atoms with Crippen molar-refractivity contribution in [2.24, 2.45) is 0 Å². The number of aliphatic hydroxyl groups excluding tert-OH is 1. The molecule has 0 radical (unpaired) electrons. The summed E-state index contributed by atoms with van der Waals surface area (Å²) in [5.41, 5.74) is 1.97. The van der Waals surface area contributed by atoms with Crippen LogP contribution in [0.2, 0.25) is 0 Å². The molecule has 0 bridgehead atoms. The van der Waals surface area contributed by atoms with Crippen LogP contribution in [0, 0.1) is 5.82 Å². The minimum absolute atomic E-state index is 0.00598. The lowest BCUT2D eigenvalue weighted by atomic mass is 10.0. The predicted molar refractivity (Wildman–Crippen MR) is 81.4 cm³/mol. The summed E-state index contributed by atoms with van der Waals surface area (Å²) in [4.78, 5) is 4.12. The van der Waals surface area contributed by atoms with Gasteiger partial charge in [0, 0.05) is 12.1 Å². The van der Waals surface area contributed by atoms with Crippen LogP contribution in [0.5, 0.6) is 0 Å². The van der Waals surface area contributed by atoms with Gasteiger partial charge in [-0.25, -0.2) is 4.39 Å². The number of nitrogens with one attached hydrogen (secondary N) is 1. The van der Waals surface area contributed by atoms with Crippen molar-refractivity contribution < 1.29 is 9.50 Å². The third-order valence-corrected chi connectivity index (χ3v) is 3.50. The zero-order valence-electron chi connectivity index (χ0n) is 12.2. The Morgan fingerprint density at radius 2 is 1.95 bits per heavy atom. The van der Waals surface area contributed by atoms with Gasteiger partial charge >= 0.3 is 0 Å². The second kappa shape index (κ2) is 7.86. The van der Waals surface area contributed by atoms with Gasteiger partial charge in [-0.2, -0.15) is 0 Å². The second-order valence-electron chi connectivity index (χ2n) is 5.10. The topological polar surface area (TPSA) is 45.1 Å². The molecule has 1 aromatic carbocycles. The summed E-state index contributed by atoms with van der Waals surface area (Å²) >= 11 is 0. The largest absolute Gasteiger partial charge is 0.395 e. The first-order valence-electron chi connectivity index (χ1n) is 7.25. The molecule has 0 fully saturated rings. The maximum absolute atomic E-state index is 12.9. The first-order valence-corrected chi connectivity index (χ1v) is 7.25. The molecule has 0 aliphatic heterocycles. The quantitative estimate of drug-likeness (QED) is 0.823. The first-order chi connectivity index (χ1) is 10.2. The van der Waals surface area contributed by atoms with Gasteiger partial charge in [0.05, 0.1) is 18.5 Å². The molecule has 2 rings (SSSR count). The number of nitrogens with zero attached hydrogens (tertiary/aromatic N) is 1. The molecule has 0 saturated carbocycles. The molecule has 0 aliphatic carbocycles. The molecule has 112 valence electrons. The molecule has 1 heterocycles. The number of pyridine rings is 1. The molecule has 0 saturated heterocycles. The number of aromatic nitrogens is 1. The zero-order chi connectivity index (χ0) is 15.1. The highest BCUT2D eigenvalue weighted by Crippen LogP contribution is 2.16. The van der Waals surface area contributed by atoms with E-state index in [1.807, 2.05) is 37.3 Å². The van der Waals surface area contributed by atoms with Crippen molar-refractivity contribution in [2.45, 2.75) is 31.8 Å². The zero-order valence-corrected chi connectivity index (χ0v) is 12.2. The van der Waals surface area contributed by atoms with Crippen LogP contribution in [-0.4, -0.2) is 22.7 Å². The molecule has 0 aliphatic rings. The number of hydrogen-bond donors (Lipinski definition) is 2. The van der Waals surface area contributed by atoms with Gasteiger partial charge in [0.1, 0.15) is 5.82 Å². The van der Waals surface area contributed by atoms with Gasteiger partial charge in [-0.15, -0.1) is 0 Å². The van der Waals surface area contributed by atoms with Gasteiger partial charge in [-0.3, -0.25) is 4.98 Å². The summed E-state index contributed by atoms with van der Waals surface area (Å²) in [6.45, 7) is 2.09. The fraction of sp³-hybridized carbons (Fsp3) is 0.353. The lowest BCUT2D eigenvalue weighted by Gasteiger charge is -2.23. The average molecular weight is 288 g/mol. The molecule has 0 amide bonds. The molecule has 1 aromatic heterocycles. The third-order valence-electron chi connectivity index (χ3n) is 3.50. The van der Waals surface area contributed by atoms with Crippen molar-refractivity contribution in [3.05, 3.63) is 65.7 Å². The molecule has 3 nitrogen and oxygen atoms in total. The van der Waals surface area contributed by atoms with Crippen LogP contribution < -0.4 is 5.32 Å². The molecular weight excluding hydrogens is 267 g/mol. The minimum Gasteiger partial charge on any atom is -0.395 e. The normalized spacial score (nSPS) is 13.9. The molecule has 21 heavy (non-hydrogen) atoms. The summed E-state index contributed by atoms with van der Waals surface area (Å²) < 4.78 is 12.9. The van der Waals surface area contributed by atoms with E-state index in [0.717, 1.165) is 18.5 Å². The van der Waals surface area contributed by atoms with Crippen molar-refractivity contribution in [2.75, 3.05) is 6.61 Å². The van der Waals surface area contributed by atoms with Crippen LogP contribution in [0.25, 0.3) is 0 Å². The fourth-order valence-electron chi connectivity index (χ4n) is 2.37. The van der Waals surface area contributed by atoms with E-state index < -0.39 is 0 Å². The minimum atomic E-state index is -0.336. The molecule has 2 atom stereocenters. The summed E-state index contributed by atoms with van der Waals surface area (Å²) in [6, 6.07) is 13.1. The number of halogens is 1. The molecule has 4 heteroatoms. The highest BCUT2D eigenvalue weighted by molar-refractivity contribution is 5.16. The SMILES string of the molecule is CCC(NC(CO)Cc1ccccc1)c1ccc(F)cn1. The van der Waals surface area contributed by atoms with E-state index in [1.165, 1.54) is 17.8 Å². The van der Waals surface area contributed by atoms with Gasteiger partial charge in [0.15, 0.2) is 0 Å². The Bertz CT molecular complexity index is 530. The van der Waals surface area contributed by atoms with Crippen LogP contribution in [0.4, 0.5) is 4.39 Å². The van der Waals surface area contributed by atoms with E-state index in [4.69, 9.17) is 0 Å². The smallest absolute Gasteiger partial charge is 0.141 e. The highest BCUT2D eigenvalue weighted by atomic mass is 19.1. The third kappa shape index (κ3) is 4.62. The van der Waals surface area contributed by atoms with Gasteiger partial charge < -0.3 is 10.4 Å². The molecule has 2 aromatic rings. The monoisotopic (exact) mass is 288 g/mol. The number of aliphatic hydroxyl groups is 1. The first kappa shape index (κ1) is 15.6. The standard InChI is InChI=1S/C17H21FN2O/c1-2-16(17-9-8-14(18)11-19-17)20-15(12-21)10-13-6-4-3-5-7-13/h3-9,11,15-16,20-21H,2,10,12H2,1H3. The maximum atomic E-state index is 12.9. The average Bonchev–Trinajstić information content (AvgIpc) is 2.53. The van der Waals surface area contributed by atoms with Crippen LogP contribution in [0.1, 0.15) is 30.6 Å². The Morgan fingerprint density at radius 3 is 2.52 bits per heavy atom. The van der Waals surface area contributed by atoms with Gasteiger partial charge in [-0.05, 0) is 30.5 Å². The van der Waals surface area contributed by atoms with Crippen LogP contribution in [0.3, 0.4) is 0 Å². The predicted octanol–water partition coefficient (Wildman–Crippen LogP) is 2.87. The lowest BCUT2D eigenvalue weighted by Crippen LogP contribution is -2.37. The van der Waals surface area contributed by atoms with Gasteiger partial charge in [0.25, 0.3) is 0 Å². The van der Waals surface area contributed by atoms with Crippen molar-refractivity contribution in [1.29, 1.82) is 0 Å². The van der Waals surface area contributed by atoms with Gasteiger partial charge in [-0.1, -0.05) is 37.3 Å². The molecule has 0 spiro atoms. The van der Waals surface area contributed by atoms with Crippen molar-refractivity contribution >= 4 is 0 Å². The van der Waals surface area contributed by atoms with Crippen molar-refractivity contribution in [1.82, 2.24) is 10.3 Å². The van der Waals surface area contributed by atoms with E-state index in [9.17, 15) is 9.50 Å². The van der Waals surface area contributed by atoms with E-state index in [2.05, 4.69) is 10.3 Å². The van der Waals surface area contributed by atoms with Crippen LogP contribution in [-0.2, 0) is 6.42 Å². The maximum Gasteiger partial charge on any atom is 0.141 e. The fourth-order valence-corrected chi connectivity index (χ4v) is 2.37. The van der Waals surface area contributed by atoms with Crippen LogP contribution >= 0.6 is 0 Å². The Labute approximate surface area is 124 Å². The molecule has 2 N–H and O–H groups in total. The molecule has 2 unspecified atom stereocenters. The second-order valence-corrected chi connectivity index (χ2v) is 5.10. The molecular formula is C17H21FN2O. The van der Waals surface area contributed by atoms with Crippen LogP contribution in [0.15, 0.2) is 48.7 Å².